The van der Waals surface area contributed by atoms with Crippen molar-refractivity contribution in [1.82, 2.24) is 14.5 Å². The lowest BCUT2D eigenvalue weighted by atomic mass is 10.1. The fraction of sp³-hybridized carbons (Fsp3) is 0.318. The predicted molar refractivity (Wildman–Crippen MR) is 119 cm³/mol. The highest BCUT2D eigenvalue weighted by atomic mass is 19.1. The maximum Gasteiger partial charge on any atom is 0.293 e. The van der Waals surface area contributed by atoms with Crippen LogP contribution in [-0.4, -0.2) is 40.1 Å². The van der Waals surface area contributed by atoms with Gasteiger partial charge in [-0.1, -0.05) is 0 Å². The minimum Gasteiger partial charge on any atom is -0.491 e. The molecule has 0 aliphatic carbocycles. The molecule has 32 heavy (non-hydrogen) atoms. The van der Waals surface area contributed by atoms with Gasteiger partial charge < -0.3 is 30.1 Å². The summed E-state index contributed by atoms with van der Waals surface area (Å²) < 4.78 is 28.0. The summed E-state index contributed by atoms with van der Waals surface area (Å²) in [5.74, 6) is 0.265. The molecule has 5 rings (SSSR count). The van der Waals surface area contributed by atoms with Gasteiger partial charge in [-0.2, -0.15) is 4.98 Å². The molecule has 9 nitrogen and oxygen atoms in total. The monoisotopic (exact) mass is 438 g/mol. The highest BCUT2D eigenvalue weighted by molar-refractivity contribution is 5.92. The first kappa shape index (κ1) is 20.1. The minimum atomic E-state index is -0.556. The molecule has 1 aliphatic rings. The number of halogens is 1. The Morgan fingerprint density at radius 2 is 2.03 bits per heavy atom. The molecular weight excluding hydrogens is 415 g/mol. The molecule has 4 aromatic rings. The minimum absolute atomic E-state index is 0.0170. The number of benzene rings is 2. The van der Waals surface area contributed by atoms with Crippen molar-refractivity contribution in [3.63, 3.8) is 0 Å². The van der Waals surface area contributed by atoms with Crippen molar-refractivity contribution in [2.75, 3.05) is 24.3 Å². The molecule has 1 unspecified atom stereocenters. The zero-order valence-corrected chi connectivity index (χ0v) is 17.8. The Labute approximate surface area is 182 Å². The average Bonchev–Trinajstić information content (AvgIpc) is 3.30. The number of nitrogens with zero attached hydrogens (tertiary/aromatic N) is 4. The summed E-state index contributed by atoms with van der Waals surface area (Å²) in [5.41, 5.74) is 14.3. The number of likely N-dealkylation sites (N-methyl/N-ethyl adjacent to an activating group) is 1. The largest absolute Gasteiger partial charge is 0.491 e. The highest BCUT2D eigenvalue weighted by Gasteiger charge is 2.24. The Balaban J connectivity index is 1.73. The van der Waals surface area contributed by atoms with E-state index in [0.29, 0.717) is 41.3 Å². The molecule has 10 heteroatoms. The first-order valence-electron chi connectivity index (χ1n) is 10.4. The molecule has 0 radical (unpaired) electrons. The van der Waals surface area contributed by atoms with Gasteiger partial charge in [-0.25, -0.2) is 9.37 Å². The summed E-state index contributed by atoms with van der Waals surface area (Å²) >= 11 is 0. The number of oxazole rings is 1. The first-order chi connectivity index (χ1) is 15.3. The van der Waals surface area contributed by atoms with Crippen LogP contribution in [0.3, 0.4) is 0 Å². The second-order valence-corrected chi connectivity index (χ2v) is 8.00. The van der Waals surface area contributed by atoms with Crippen LogP contribution in [0.5, 0.6) is 5.75 Å². The zero-order chi connectivity index (χ0) is 22.6. The quantitative estimate of drug-likeness (QED) is 0.502. The standard InChI is InChI=1S/C22H23FN6O3/c1-11(20(24)30)28(2)13-9-15-18-17(10-13)31-6-4-3-5-29(18)21(26-15)12-7-14(23)19-16(8-12)27-22(25)32-19/h7-11H,3-6H2,1-2H3,(H2,24,30)(H2,25,27). The number of aromatic nitrogens is 3. The van der Waals surface area contributed by atoms with Crippen LogP contribution in [0.2, 0.25) is 0 Å². The molecule has 1 atom stereocenters. The van der Waals surface area contributed by atoms with Gasteiger partial charge in [0.1, 0.15) is 28.6 Å². The van der Waals surface area contributed by atoms with Gasteiger partial charge in [0.25, 0.3) is 6.01 Å². The number of nitrogen functional groups attached to an aromatic ring is 1. The molecule has 0 fully saturated rings. The SMILES string of the molecule is CC(C(N)=O)N(C)c1cc2c3c(c1)nc(-c1cc(F)c4oc(N)nc4c1)n3CCCCO2. The summed E-state index contributed by atoms with van der Waals surface area (Å²) in [5, 5.41) is 0. The lowest BCUT2D eigenvalue weighted by Gasteiger charge is -2.25. The molecule has 166 valence electrons. The molecule has 0 bridgehead atoms. The van der Waals surface area contributed by atoms with E-state index in [1.807, 2.05) is 16.7 Å². The van der Waals surface area contributed by atoms with Crippen LogP contribution in [0.25, 0.3) is 33.5 Å². The number of hydrogen-bond donors (Lipinski definition) is 2. The Morgan fingerprint density at radius 3 is 2.81 bits per heavy atom. The van der Waals surface area contributed by atoms with E-state index in [2.05, 4.69) is 4.98 Å². The van der Waals surface area contributed by atoms with Gasteiger partial charge in [0, 0.05) is 30.9 Å². The number of hydrogen-bond acceptors (Lipinski definition) is 7. The highest BCUT2D eigenvalue weighted by Crippen LogP contribution is 2.38. The third-order valence-electron chi connectivity index (χ3n) is 5.94. The third kappa shape index (κ3) is 3.19. The van der Waals surface area contributed by atoms with E-state index in [-0.39, 0.29) is 11.6 Å². The maximum absolute atomic E-state index is 14.7. The van der Waals surface area contributed by atoms with Crippen LogP contribution in [0.4, 0.5) is 16.1 Å². The zero-order valence-electron chi connectivity index (χ0n) is 17.8. The van der Waals surface area contributed by atoms with Gasteiger partial charge in [0.2, 0.25) is 5.91 Å². The molecule has 1 amide bonds. The lowest BCUT2D eigenvalue weighted by Crippen LogP contribution is -2.40. The van der Waals surface area contributed by atoms with Crippen LogP contribution < -0.4 is 21.1 Å². The number of amides is 1. The number of ether oxygens (including phenoxy) is 1. The fourth-order valence-electron chi connectivity index (χ4n) is 4.07. The van der Waals surface area contributed by atoms with Gasteiger partial charge in [-0.15, -0.1) is 0 Å². The van der Waals surface area contributed by atoms with Crippen molar-refractivity contribution in [3.8, 4) is 17.1 Å². The van der Waals surface area contributed by atoms with Gasteiger partial charge in [-0.3, -0.25) is 4.79 Å². The smallest absolute Gasteiger partial charge is 0.293 e. The third-order valence-corrected chi connectivity index (χ3v) is 5.94. The average molecular weight is 438 g/mol. The molecule has 1 aliphatic heterocycles. The number of fused-ring (bicyclic) bond motifs is 1. The van der Waals surface area contributed by atoms with Crippen molar-refractivity contribution in [2.24, 2.45) is 5.73 Å². The van der Waals surface area contributed by atoms with E-state index in [9.17, 15) is 9.18 Å². The van der Waals surface area contributed by atoms with Crippen molar-refractivity contribution in [2.45, 2.75) is 32.4 Å². The summed E-state index contributed by atoms with van der Waals surface area (Å²) in [6.07, 6.45) is 1.75. The topological polar surface area (TPSA) is 125 Å². The van der Waals surface area contributed by atoms with E-state index in [1.165, 1.54) is 6.07 Å². The fourth-order valence-corrected chi connectivity index (χ4v) is 4.07. The molecule has 0 spiro atoms. The molecule has 3 heterocycles. The Bertz CT molecular complexity index is 1360. The maximum atomic E-state index is 14.7. The van der Waals surface area contributed by atoms with Gasteiger partial charge >= 0.3 is 0 Å². The van der Waals surface area contributed by atoms with E-state index in [0.717, 1.165) is 24.0 Å². The Kier molecular flexibility index (Phi) is 4.65. The van der Waals surface area contributed by atoms with Crippen molar-refractivity contribution < 1.29 is 18.3 Å². The number of nitrogens with two attached hydrogens (primary N) is 2. The second-order valence-electron chi connectivity index (χ2n) is 8.00. The second kappa shape index (κ2) is 7.40. The van der Waals surface area contributed by atoms with E-state index >= 15 is 0 Å². The van der Waals surface area contributed by atoms with Crippen molar-refractivity contribution in [3.05, 3.63) is 30.1 Å². The Hall–Kier alpha value is -3.82. The number of primary amides is 1. The van der Waals surface area contributed by atoms with E-state index < -0.39 is 17.8 Å². The van der Waals surface area contributed by atoms with Crippen LogP contribution in [0.15, 0.2) is 28.7 Å². The van der Waals surface area contributed by atoms with Gasteiger partial charge in [0.05, 0.1) is 12.1 Å². The molecule has 4 N–H and O–H groups in total. The molecular formula is C22H23FN6O3. The number of imidazole rings is 1. The normalized spacial score (nSPS) is 14.7. The number of anilines is 2. The van der Waals surface area contributed by atoms with E-state index in [4.69, 9.17) is 25.6 Å². The molecule has 0 saturated heterocycles. The van der Waals surface area contributed by atoms with Crippen LogP contribution in [0.1, 0.15) is 19.8 Å². The number of carbonyl (C=O) groups excluding carboxylic acids is 1. The van der Waals surface area contributed by atoms with Gasteiger partial charge in [-0.05, 0) is 38.0 Å². The molecule has 2 aromatic heterocycles. The first-order valence-corrected chi connectivity index (χ1v) is 10.4. The predicted octanol–water partition coefficient (Wildman–Crippen LogP) is 3.05. The summed E-state index contributed by atoms with van der Waals surface area (Å²) in [6, 6.07) is 6.25. The van der Waals surface area contributed by atoms with Crippen LogP contribution in [-0.2, 0) is 11.3 Å². The van der Waals surface area contributed by atoms with Crippen molar-refractivity contribution >= 4 is 39.7 Å². The molecule has 2 aromatic carbocycles. The Morgan fingerprint density at radius 1 is 1.22 bits per heavy atom. The number of rotatable bonds is 4. The summed E-state index contributed by atoms with van der Waals surface area (Å²) in [7, 11) is 1.79. The van der Waals surface area contributed by atoms with Gasteiger partial charge in [0.15, 0.2) is 11.4 Å². The van der Waals surface area contributed by atoms with Crippen LogP contribution >= 0.6 is 0 Å². The van der Waals surface area contributed by atoms with E-state index in [1.54, 1.807) is 24.9 Å². The van der Waals surface area contributed by atoms with Crippen molar-refractivity contribution in [1.29, 1.82) is 0 Å². The summed E-state index contributed by atoms with van der Waals surface area (Å²) in [4.78, 5) is 22.4. The van der Waals surface area contributed by atoms with Crippen LogP contribution in [0, 0.1) is 5.82 Å². The lowest BCUT2D eigenvalue weighted by molar-refractivity contribution is -0.118. The number of carbonyl (C=O) groups is 1. The summed E-state index contributed by atoms with van der Waals surface area (Å²) in [6.45, 7) is 3.02. The number of aryl methyl sites for hydroxylation is 1. The molecule has 0 saturated carbocycles.